The van der Waals surface area contributed by atoms with Crippen molar-refractivity contribution < 1.29 is 19.2 Å². The molecular weight excluding hydrogens is 232 g/mol. The van der Waals surface area contributed by atoms with Crippen molar-refractivity contribution in [3.05, 3.63) is 38.9 Å². The highest BCUT2D eigenvalue weighted by molar-refractivity contribution is 5.77. The van der Waals surface area contributed by atoms with Crippen LogP contribution in [0.3, 0.4) is 0 Å². The molecule has 0 unspecified atom stereocenters. The van der Waals surface area contributed by atoms with Crippen LogP contribution in [0.4, 0.5) is 5.69 Å². The van der Waals surface area contributed by atoms with Gasteiger partial charge in [0.25, 0.3) is 5.69 Å². The number of nitro benzene ring substituents is 1. The second-order valence-corrected chi connectivity index (χ2v) is 3.26. The molecule has 0 saturated heterocycles. The Balaban J connectivity index is 2.64. The Labute approximate surface area is 92.8 Å². The van der Waals surface area contributed by atoms with Crippen LogP contribution in [0.5, 0.6) is 0 Å². The lowest BCUT2D eigenvalue weighted by atomic mass is 10.3. The molecule has 0 aliphatic carbocycles. The fourth-order valence-corrected chi connectivity index (χ4v) is 1.45. The fourth-order valence-electron chi connectivity index (χ4n) is 1.45. The van der Waals surface area contributed by atoms with Crippen molar-refractivity contribution >= 4 is 22.8 Å². The first-order chi connectivity index (χ1) is 7.99. The van der Waals surface area contributed by atoms with Gasteiger partial charge in [-0.1, -0.05) is 0 Å². The Kier molecular flexibility index (Phi) is 2.39. The maximum Gasteiger partial charge on any atom is 0.420 e. The third kappa shape index (κ3) is 1.87. The molecule has 0 radical (unpaired) electrons. The summed E-state index contributed by atoms with van der Waals surface area (Å²) in [5.74, 6) is -2.06. The van der Waals surface area contributed by atoms with Gasteiger partial charge in [-0.15, -0.1) is 0 Å². The first-order valence-corrected chi connectivity index (χ1v) is 4.48. The van der Waals surface area contributed by atoms with E-state index in [-0.39, 0.29) is 16.8 Å². The summed E-state index contributed by atoms with van der Waals surface area (Å²) in [5.41, 5.74) is -0.0258. The summed E-state index contributed by atoms with van der Waals surface area (Å²) in [7, 11) is 0. The fraction of sp³-hybridized carbons (Fsp3) is 0.111. The molecule has 1 aromatic carbocycles. The molecule has 0 aliphatic heterocycles. The number of rotatable bonds is 3. The van der Waals surface area contributed by atoms with Crippen LogP contribution in [-0.4, -0.2) is 20.6 Å². The molecule has 0 fully saturated rings. The average molecular weight is 238 g/mol. The summed E-state index contributed by atoms with van der Waals surface area (Å²) in [5, 5.41) is 19.1. The van der Waals surface area contributed by atoms with E-state index in [4.69, 9.17) is 9.52 Å². The zero-order valence-electron chi connectivity index (χ0n) is 8.32. The molecule has 0 aliphatic rings. The van der Waals surface area contributed by atoms with Crippen LogP contribution in [0, 0.1) is 10.1 Å². The molecule has 17 heavy (non-hydrogen) atoms. The maximum atomic E-state index is 11.3. The predicted molar refractivity (Wildman–Crippen MR) is 54.8 cm³/mol. The van der Waals surface area contributed by atoms with E-state index in [1.165, 1.54) is 12.1 Å². The number of nitro groups is 1. The quantitative estimate of drug-likeness (QED) is 0.617. The van der Waals surface area contributed by atoms with Crippen molar-refractivity contribution in [2.45, 2.75) is 6.54 Å². The van der Waals surface area contributed by atoms with Gasteiger partial charge in [0.15, 0.2) is 5.58 Å². The second kappa shape index (κ2) is 3.74. The van der Waals surface area contributed by atoms with E-state index in [9.17, 15) is 19.7 Å². The van der Waals surface area contributed by atoms with Crippen LogP contribution < -0.4 is 5.76 Å². The summed E-state index contributed by atoms with van der Waals surface area (Å²) in [6.45, 7) is -0.552. The van der Waals surface area contributed by atoms with Gasteiger partial charge in [-0.3, -0.25) is 19.5 Å². The van der Waals surface area contributed by atoms with Gasteiger partial charge in [0.05, 0.1) is 16.5 Å². The summed E-state index contributed by atoms with van der Waals surface area (Å²) in [4.78, 5) is 31.7. The Morgan fingerprint density at radius 1 is 1.53 bits per heavy atom. The van der Waals surface area contributed by atoms with Gasteiger partial charge >= 0.3 is 11.7 Å². The third-order valence-corrected chi connectivity index (χ3v) is 2.16. The number of aliphatic carboxylic acids is 1. The van der Waals surface area contributed by atoms with Crippen molar-refractivity contribution in [2.24, 2.45) is 0 Å². The van der Waals surface area contributed by atoms with Gasteiger partial charge in [-0.05, 0) is 6.07 Å². The topological polar surface area (TPSA) is 116 Å². The Hall–Kier alpha value is -2.64. The Morgan fingerprint density at radius 2 is 2.24 bits per heavy atom. The number of aromatic nitrogens is 1. The van der Waals surface area contributed by atoms with E-state index in [1.807, 2.05) is 0 Å². The molecule has 0 amide bonds. The predicted octanol–water partition coefficient (Wildman–Crippen LogP) is 0.587. The molecule has 0 spiro atoms. The third-order valence-electron chi connectivity index (χ3n) is 2.16. The number of hydrogen-bond acceptors (Lipinski definition) is 5. The standard InChI is InChI=1S/C9H6N2O6/c12-8(13)4-10-6-2-1-5(11(15)16)3-7(6)17-9(10)14/h1-3H,4H2,(H,12,13). The average Bonchev–Trinajstić information content (AvgIpc) is 2.54. The molecular formula is C9H6N2O6. The van der Waals surface area contributed by atoms with E-state index < -0.39 is 23.2 Å². The zero-order chi connectivity index (χ0) is 12.6. The van der Waals surface area contributed by atoms with E-state index >= 15 is 0 Å². The lowest BCUT2D eigenvalue weighted by Gasteiger charge is -1.96. The summed E-state index contributed by atoms with van der Waals surface area (Å²) >= 11 is 0. The van der Waals surface area contributed by atoms with Crippen LogP contribution in [0.2, 0.25) is 0 Å². The van der Waals surface area contributed by atoms with Gasteiger partial charge in [0.1, 0.15) is 6.54 Å². The van der Waals surface area contributed by atoms with Gasteiger partial charge in [0, 0.05) is 6.07 Å². The largest absolute Gasteiger partial charge is 0.480 e. The second-order valence-electron chi connectivity index (χ2n) is 3.26. The van der Waals surface area contributed by atoms with E-state index in [2.05, 4.69) is 0 Å². The zero-order valence-corrected chi connectivity index (χ0v) is 8.32. The number of fused-ring (bicyclic) bond motifs is 1. The van der Waals surface area contributed by atoms with Crippen molar-refractivity contribution in [3.8, 4) is 0 Å². The molecule has 2 aromatic rings. The van der Waals surface area contributed by atoms with E-state index in [0.717, 1.165) is 10.6 Å². The molecule has 1 aromatic heterocycles. The number of hydrogen-bond donors (Lipinski definition) is 1. The van der Waals surface area contributed by atoms with Gasteiger partial charge < -0.3 is 9.52 Å². The molecule has 2 rings (SSSR count). The maximum absolute atomic E-state index is 11.3. The minimum atomic E-state index is -1.20. The summed E-state index contributed by atoms with van der Waals surface area (Å²) < 4.78 is 5.62. The molecule has 0 atom stereocenters. The lowest BCUT2D eigenvalue weighted by Crippen LogP contribution is -2.19. The number of carboxylic acid groups (broad SMARTS) is 1. The van der Waals surface area contributed by atoms with Crippen molar-refractivity contribution in [1.82, 2.24) is 4.57 Å². The van der Waals surface area contributed by atoms with Gasteiger partial charge in [-0.2, -0.15) is 0 Å². The van der Waals surface area contributed by atoms with E-state index in [1.54, 1.807) is 0 Å². The summed E-state index contributed by atoms with van der Waals surface area (Å²) in [6.07, 6.45) is 0. The SMILES string of the molecule is O=C(O)Cn1c(=O)oc2cc([N+](=O)[O-])ccc21. The number of benzene rings is 1. The normalized spacial score (nSPS) is 10.6. The van der Waals surface area contributed by atoms with Gasteiger partial charge in [0.2, 0.25) is 0 Å². The van der Waals surface area contributed by atoms with Crippen LogP contribution in [0.15, 0.2) is 27.4 Å². The number of oxazole rings is 1. The molecule has 1 heterocycles. The molecule has 88 valence electrons. The monoisotopic (exact) mass is 238 g/mol. The van der Waals surface area contributed by atoms with Gasteiger partial charge in [-0.25, -0.2) is 4.79 Å². The lowest BCUT2D eigenvalue weighted by molar-refractivity contribution is -0.384. The minimum absolute atomic E-state index is 0.00884. The smallest absolute Gasteiger partial charge is 0.420 e. The molecule has 0 bridgehead atoms. The van der Waals surface area contributed by atoms with Crippen LogP contribution in [0.25, 0.3) is 11.1 Å². The highest BCUT2D eigenvalue weighted by Gasteiger charge is 2.15. The Bertz CT molecular complexity index is 668. The van der Waals surface area contributed by atoms with Crippen molar-refractivity contribution in [2.75, 3.05) is 0 Å². The van der Waals surface area contributed by atoms with Crippen LogP contribution >= 0.6 is 0 Å². The minimum Gasteiger partial charge on any atom is -0.480 e. The number of nitrogens with zero attached hydrogens (tertiary/aromatic N) is 2. The molecule has 8 nitrogen and oxygen atoms in total. The first kappa shape index (κ1) is 10.9. The number of carbonyl (C=O) groups is 1. The van der Waals surface area contributed by atoms with Crippen molar-refractivity contribution in [3.63, 3.8) is 0 Å². The van der Waals surface area contributed by atoms with Crippen LogP contribution in [-0.2, 0) is 11.3 Å². The van der Waals surface area contributed by atoms with Crippen molar-refractivity contribution in [1.29, 1.82) is 0 Å². The number of non-ortho nitro benzene ring substituents is 1. The molecule has 0 saturated carbocycles. The number of carboxylic acids is 1. The highest BCUT2D eigenvalue weighted by atomic mass is 16.6. The Morgan fingerprint density at radius 3 is 2.82 bits per heavy atom. The highest BCUT2D eigenvalue weighted by Crippen LogP contribution is 2.19. The summed E-state index contributed by atoms with van der Waals surface area (Å²) in [6, 6.07) is 3.53. The van der Waals surface area contributed by atoms with Crippen LogP contribution in [0.1, 0.15) is 0 Å². The first-order valence-electron chi connectivity index (χ1n) is 4.48. The molecule has 1 N–H and O–H groups in total. The molecule has 8 heteroatoms. The van der Waals surface area contributed by atoms with E-state index in [0.29, 0.717) is 0 Å².